The van der Waals surface area contributed by atoms with Gasteiger partial charge in [-0.05, 0) is 24.3 Å². The molecule has 108 valence electrons. The second-order valence-corrected chi connectivity index (χ2v) is 4.53. The second-order valence-electron chi connectivity index (χ2n) is 4.13. The summed E-state index contributed by atoms with van der Waals surface area (Å²) in [5.74, 6) is 4.19. The highest BCUT2D eigenvalue weighted by molar-refractivity contribution is 6.31. The van der Waals surface area contributed by atoms with Crippen molar-refractivity contribution >= 4 is 11.6 Å². The summed E-state index contributed by atoms with van der Waals surface area (Å²) in [6.07, 6.45) is 0. The molecule has 0 fully saturated rings. The number of hydrogen-bond donors (Lipinski definition) is 1. The van der Waals surface area contributed by atoms with E-state index in [1.165, 1.54) is 30.3 Å². The van der Waals surface area contributed by atoms with Crippen molar-refractivity contribution in [2.75, 3.05) is 6.61 Å². The first-order chi connectivity index (χ1) is 10.1. The molecule has 0 saturated carbocycles. The van der Waals surface area contributed by atoms with Crippen LogP contribution in [0.15, 0.2) is 36.4 Å². The third kappa shape index (κ3) is 4.19. The van der Waals surface area contributed by atoms with Crippen LogP contribution < -0.4 is 4.74 Å². The molecule has 0 heterocycles. The van der Waals surface area contributed by atoms with Gasteiger partial charge in [-0.25, -0.2) is 8.78 Å². The van der Waals surface area contributed by atoms with Gasteiger partial charge in [-0.2, -0.15) is 0 Å². The van der Waals surface area contributed by atoms with Gasteiger partial charge in [0.25, 0.3) is 0 Å². The van der Waals surface area contributed by atoms with Gasteiger partial charge >= 0.3 is 0 Å². The Balaban J connectivity index is 2.08. The maximum absolute atomic E-state index is 13.7. The van der Waals surface area contributed by atoms with Crippen LogP contribution in [0.2, 0.25) is 5.02 Å². The summed E-state index contributed by atoms with van der Waals surface area (Å²) in [6, 6.07) is 8.18. The fourth-order valence-electron chi connectivity index (χ4n) is 1.62. The lowest BCUT2D eigenvalue weighted by Crippen LogP contribution is -1.97. The Hall–Kier alpha value is -2.09. The summed E-state index contributed by atoms with van der Waals surface area (Å²) in [5, 5.41) is 8.82. The molecular weight excluding hydrogens is 298 g/mol. The average Bonchev–Trinajstić information content (AvgIpc) is 2.45. The Bertz CT molecular complexity index is 705. The Kier molecular flexibility index (Phi) is 5.15. The summed E-state index contributed by atoms with van der Waals surface area (Å²) in [5.41, 5.74) is 0.777. The van der Waals surface area contributed by atoms with Gasteiger partial charge in [0.15, 0.2) is 0 Å². The van der Waals surface area contributed by atoms with Crippen LogP contribution in [0.3, 0.4) is 0 Å². The van der Waals surface area contributed by atoms with Crippen LogP contribution in [0, 0.1) is 23.5 Å². The molecule has 21 heavy (non-hydrogen) atoms. The van der Waals surface area contributed by atoms with Crippen LogP contribution >= 0.6 is 11.6 Å². The largest absolute Gasteiger partial charge is 0.489 e. The smallest absolute Gasteiger partial charge is 0.142 e. The van der Waals surface area contributed by atoms with Crippen molar-refractivity contribution in [1.82, 2.24) is 0 Å². The number of aliphatic hydroxyl groups excluding tert-OH is 1. The van der Waals surface area contributed by atoms with Crippen LogP contribution in [0.4, 0.5) is 8.78 Å². The normalized spacial score (nSPS) is 9.90. The van der Waals surface area contributed by atoms with E-state index in [1.807, 2.05) is 0 Å². The molecule has 2 rings (SSSR count). The Labute approximate surface area is 125 Å². The summed E-state index contributed by atoms with van der Waals surface area (Å²) in [6.45, 7) is -0.235. The highest BCUT2D eigenvalue weighted by atomic mass is 35.5. The third-order valence-electron chi connectivity index (χ3n) is 2.65. The number of hydrogen-bond acceptors (Lipinski definition) is 2. The lowest BCUT2D eigenvalue weighted by atomic mass is 10.2. The highest BCUT2D eigenvalue weighted by Crippen LogP contribution is 2.21. The van der Waals surface area contributed by atoms with Crippen LogP contribution in [-0.4, -0.2) is 11.7 Å². The molecule has 0 amide bonds. The zero-order valence-corrected chi connectivity index (χ0v) is 11.6. The first-order valence-electron chi connectivity index (χ1n) is 6.06. The van der Waals surface area contributed by atoms with E-state index in [0.29, 0.717) is 11.3 Å². The van der Waals surface area contributed by atoms with E-state index in [-0.39, 0.29) is 23.8 Å². The molecule has 2 nitrogen and oxygen atoms in total. The molecule has 0 aliphatic rings. The molecule has 0 spiro atoms. The van der Waals surface area contributed by atoms with Crippen LogP contribution in [0.5, 0.6) is 5.75 Å². The van der Waals surface area contributed by atoms with E-state index in [4.69, 9.17) is 21.4 Å². The second kappa shape index (κ2) is 7.07. The Morgan fingerprint density at radius 1 is 1.14 bits per heavy atom. The monoisotopic (exact) mass is 308 g/mol. The highest BCUT2D eigenvalue weighted by Gasteiger charge is 2.05. The molecule has 2 aromatic rings. The quantitative estimate of drug-likeness (QED) is 0.879. The maximum Gasteiger partial charge on any atom is 0.142 e. The minimum absolute atomic E-state index is 0.0974. The van der Waals surface area contributed by atoms with Crippen LogP contribution in [0.25, 0.3) is 0 Å². The molecule has 0 radical (unpaired) electrons. The zero-order valence-electron chi connectivity index (χ0n) is 10.9. The van der Waals surface area contributed by atoms with Crippen molar-refractivity contribution in [1.29, 1.82) is 0 Å². The van der Waals surface area contributed by atoms with E-state index >= 15 is 0 Å². The SMILES string of the molecule is OCC#Cc1ccc(OCc2ccc(F)cc2Cl)cc1F. The molecular formula is C16H11ClF2O2. The lowest BCUT2D eigenvalue weighted by Gasteiger charge is -2.08. The molecule has 2 aromatic carbocycles. The molecule has 0 aliphatic heterocycles. The summed E-state index contributed by atoms with van der Waals surface area (Å²) < 4.78 is 32.0. The predicted molar refractivity (Wildman–Crippen MR) is 76.1 cm³/mol. The van der Waals surface area contributed by atoms with Crippen LogP contribution in [-0.2, 0) is 6.61 Å². The van der Waals surface area contributed by atoms with Crippen molar-refractivity contribution < 1.29 is 18.6 Å². The van der Waals surface area contributed by atoms with Gasteiger partial charge in [-0.3, -0.25) is 0 Å². The molecule has 0 bridgehead atoms. The van der Waals surface area contributed by atoms with Gasteiger partial charge in [-0.1, -0.05) is 29.5 Å². The first kappa shape index (κ1) is 15.3. The molecule has 0 aromatic heterocycles. The van der Waals surface area contributed by atoms with Gasteiger partial charge in [0.05, 0.1) is 10.6 Å². The number of halogens is 3. The van der Waals surface area contributed by atoms with Gasteiger partial charge in [0, 0.05) is 11.6 Å². The number of aliphatic hydroxyl groups is 1. The number of benzene rings is 2. The van der Waals surface area contributed by atoms with E-state index in [1.54, 1.807) is 6.07 Å². The fraction of sp³-hybridized carbons (Fsp3) is 0.125. The molecule has 1 N–H and O–H groups in total. The van der Waals surface area contributed by atoms with Crippen molar-refractivity contribution in [3.8, 4) is 17.6 Å². The van der Waals surface area contributed by atoms with Gasteiger partial charge in [-0.15, -0.1) is 0 Å². The minimum atomic E-state index is -0.543. The molecule has 0 aliphatic carbocycles. The fourth-order valence-corrected chi connectivity index (χ4v) is 1.84. The summed E-state index contributed by atoms with van der Waals surface area (Å²) in [4.78, 5) is 0. The topological polar surface area (TPSA) is 29.5 Å². The lowest BCUT2D eigenvalue weighted by molar-refractivity contribution is 0.304. The van der Waals surface area contributed by atoms with Crippen molar-refractivity contribution in [3.63, 3.8) is 0 Å². The Morgan fingerprint density at radius 3 is 2.62 bits per heavy atom. The van der Waals surface area contributed by atoms with Crippen molar-refractivity contribution in [2.45, 2.75) is 6.61 Å². The first-order valence-corrected chi connectivity index (χ1v) is 6.44. The summed E-state index contributed by atoms with van der Waals surface area (Å²) >= 11 is 5.87. The van der Waals surface area contributed by atoms with E-state index in [9.17, 15) is 8.78 Å². The van der Waals surface area contributed by atoms with Gasteiger partial charge in [0.2, 0.25) is 0 Å². The number of ether oxygens (including phenoxy) is 1. The van der Waals surface area contributed by atoms with E-state index in [0.717, 1.165) is 0 Å². The molecule has 5 heteroatoms. The van der Waals surface area contributed by atoms with Gasteiger partial charge < -0.3 is 9.84 Å². The third-order valence-corrected chi connectivity index (χ3v) is 3.00. The van der Waals surface area contributed by atoms with E-state index < -0.39 is 11.6 Å². The summed E-state index contributed by atoms with van der Waals surface area (Å²) in [7, 11) is 0. The molecule has 0 saturated heterocycles. The van der Waals surface area contributed by atoms with Gasteiger partial charge in [0.1, 0.15) is 30.6 Å². The van der Waals surface area contributed by atoms with Crippen LogP contribution in [0.1, 0.15) is 11.1 Å². The number of rotatable bonds is 3. The van der Waals surface area contributed by atoms with Crippen molar-refractivity contribution in [3.05, 3.63) is 64.2 Å². The predicted octanol–water partition coefficient (Wildman–Crippen LogP) is 3.54. The average molecular weight is 309 g/mol. The molecule has 0 atom stereocenters. The zero-order chi connectivity index (χ0) is 15.2. The Morgan fingerprint density at radius 2 is 1.95 bits per heavy atom. The standard InChI is InChI=1S/C16H11ClF2O2/c17-15-8-13(18)5-3-12(15)10-21-14-6-4-11(2-1-7-20)16(19)9-14/h3-6,8-9,20H,7,10H2. The minimum Gasteiger partial charge on any atom is -0.489 e. The maximum atomic E-state index is 13.7. The van der Waals surface area contributed by atoms with Crippen molar-refractivity contribution in [2.24, 2.45) is 0 Å². The molecule has 0 unspecified atom stereocenters. The van der Waals surface area contributed by atoms with E-state index in [2.05, 4.69) is 11.8 Å².